The Balaban J connectivity index is 1.72. The number of aromatic nitrogens is 2. The Hall–Kier alpha value is -1.88. The number of para-hydroxylation sites is 1. The number of hydrogen-bond acceptors (Lipinski definition) is 2. The van der Waals surface area contributed by atoms with Crippen LogP contribution in [-0.2, 0) is 13.0 Å². The van der Waals surface area contributed by atoms with Crippen LogP contribution in [0.2, 0.25) is 0 Å². The van der Waals surface area contributed by atoms with Crippen molar-refractivity contribution in [3.05, 3.63) is 47.8 Å². The van der Waals surface area contributed by atoms with E-state index in [0.29, 0.717) is 5.11 Å². The summed E-state index contributed by atoms with van der Waals surface area (Å²) in [6.45, 7) is 5.87. The number of thiocarbonyl (C=S) groups is 1. The number of nitrogens with one attached hydrogen (secondary N) is 2. The van der Waals surface area contributed by atoms with Crippen molar-refractivity contribution in [3.8, 4) is 0 Å². The first-order chi connectivity index (χ1) is 10.2. The lowest BCUT2D eigenvalue weighted by molar-refractivity contribution is 0.570. The zero-order valence-electron chi connectivity index (χ0n) is 12.6. The number of nitrogens with zero attached hydrogens (tertiary/aromatic N) is 2. The van der Waals surface area contributed by atoms with Crippen molar-refractivity contribution < 1.29 is 0 Å². The van der Waals surface area contributed by atoms with Crippen LogP contribution in [0, 0.1) is 6.92 Å². The highest BCUT2D eigenvalue weighted by molar-refractivity contribution is 7.80. The molecule has 2 rings (SSSR count). The molecule has 112 valence electrons. The molecule has 0 aliphatic heterocycles. The molecule has 2 N–H and O–H groups in total. The van der Waals surface area contributed by atoms with Gasteiger partial charge in [-0.3, -0.25) is 4.68 Å². The molecule has 1 aromatic carbocycles. The predicted molar refractivity (Wildman–Crippen MR) is 91.6 cm³/mol. The van der Waals surface area contributed by atoms with Crippen LogP contribution in [0.1, 0.15) is 24.6 Å². The summed E-state index contributed by atoms with van der Waals surface area (Å²) in [5.74, 6) is 0. The first-order valence-corrected chi connectivity index (χ1v) is 7.72. The van der Waals surface area contributed by atoms with Gasteiger partial charge in [0.15, 0.2) is 5.11 Å². The van der Waals surface area contributed by atoms with E-state index in [9.17, 15) is 0 Å². The molecule has 0 amide bonds. The molecule has 4 nitrogen and oxygen atoms in total. The van der Waals surface area contributed by atoms with E-state index in [1.165, 1.54) is 5.56 Å². The Kier molecular flexibility index (Phi) is 5.75. The third-order valence-electron chi connectivity index (χ3n) is 3.27. The summed E-state index contributed by atoms with van der Waals surface area (Å²) < 4.78 is 1.96. The molecular formula is C16H22N4S. The molecule has 0 aliphatic carbocycles. The third-order valence-corrected chi connectivity index (χ3v) is 3.52. The Labute approximate surface area is 131 Å². The second-order valence-electron chi connectivity index (χ2n) is 4.97. The first kappa shape index (κ1) is 15.5. The van der Waals surface area contributed by atoms with Crippen LogP contribution in [0.5, 0.6) is 0 Å². The summed E-state index contributed by atoms with van der Waals surface area (Å²) >= 11 is 5.33. The number of rotatable bonds is 6. The highest BCUT2D eigenvalue weighted by atomic mass is 32.1. The van der Waals surface area contributed by atoms with E-state index in [1.807, 2.05) is 36.0 Å². The van der Waals surface area contributed by atoms with Crippen LogP contribution in [0.25, 0.3) is 0 Å². The average Bonchev–Trinajstić information content (AvgIpc) is 2.90. The molecule has 0 bridgehead atoms. The van der Waals surface area contributed by atoms with Gasteiger partial charge in [0.25, 0.3) is 0 Å². The fraction of sp³-hybridized carbons (Fsp3) is 0.375. The molecule has 0 fully saturated rings. The first-order valence-electron chi connectivity index (χ1n) is 7.32. The largest absolute Gasteiger partial charge is 0.362 e. The van der Waals surface area contributed by atoms with Crippen molar-refractivity contribution in [2.45, 2.75) is 33.2 Å². The summed E-state index contributed by atoms with van der Waals surface area (Å²) in [5, 5.41) is 11.5. The summed E-state index contributed by atoms with van der Waals surface area (Å²) in [6.07, 6.45) is 3.98. The van der Waals surface area contributed by atoms with Crippen molar-refractivity contribution in [1.82, 2.24) is 15.1 Å². The van der Waals surface area contributed by atoms with Gasteiger partial charge in [-0.25, -0.2) is 0 Å². The normalized spacial score (nSPS) is 10.4. The van der Waals surface area contributed by atoms with Crippen LogP contribution in [0.15, 0.2) is 36.5 Å². The maximum Gasteiger partial charge on any atom is 0.170 e. The average molecular weight is 302 g/mol. The van der Waals surface area contributed by atoms with E-state index >= 15 is 0 Å². The van der Waals surface area contributed by atoms with E-state index in [1.54, 1.807) is 0 Å². The Bertz CT molecular complexity index is 591. The molecule has 0 atom stereocenters. The lowest BCUT2D eigenvalue weighted by atomic mass is 10.1. The lowest BCUT2D eigenvalue weighted by Gasteiger charge is -2.13. The topological polar surface area (TPSA) is 41.9 Å². The molecule has 1 aromatic heterocycles. The molecule has 2 aromatic rings. The van der Waals surface area contributed by atoms with Crippen molar-refractivity contribution >= 4 is 23.0 Å². The number of aryl methyl sites for hydroxylation is 3. The van der Waals surface area contributed by atoms with Gasteiger partial charge in [-0.1, -0.05) is 25.1 Å². The van der Waals surface area contributed by atoms with E-state index in [4.69, 9.17) is 12.2 Å². The number of benzene rings is 1. The standard InChI is InChI=1S/C16H22N4S/c1-3-14-7-4-5-8-15(14)18-16(21)17-10-6-11-20-12-9-13(2)19-20/h4-5,7-9,12H,3,6,10-11H2,1-2H3,(H2,17,18,21). The van der Waals surface area contributed by atoms with Gasteiger partial charge >= 0.3 is 0 Å². The quantitative estimate of drug-likeness (QED) is 0.635. The van der Waals surface area contributed by atoms with Gasteiger partial charge in [-0.15, -0.1) is 0 Å². The van der Waals surface area contributed by atoms with Crippen molar-refractivity contribution in [1.29, 1.82) is 0 Å². The van der Waals surface area contributed by atoms with Gasteiger partial charge in [-0.2, -0.15) is 5.10 Å². The fourth-order valence-corrected chi connectivity index (χ4v) is 2.36. The zero-order chi connectivity index (χ0) is 15.1. The van der Waals surface area contributed by atoms with Crippen LogP contribution in [0.3, 0.4) is 0 Å². The minimum atomic E-state index is 0.674. The number of anilines is 1. The highest BCUT2D eigenvalue weighted by Crippen LogP contribution is 2.14. The van der Waals surface area contributed by atoms with Gasteiger partial charge in [0.1, 0.15) is 0 Å². The van der Waals surface area contributed by atoms with Crippen LogP contribution < -0.4 is 10.6 Å². The second-order valence-corrected chi connectivity index (χ2v) is 5.37. The van der Waals surface area contributed by atoms with Crippen LogP contribution in [-0.4, -0.2) is 21.4 Å². The fourth-order valence-electron chi connectivity index (χ4n) is 2.15. The molecule has 5 heteroatoms. The highest BCUT2D eigenvalue weighted by Gasteiger charge is 2.02. The van der Waals surface area contributed by atoms with E-state index in [-0.39, 0.29) is 0 Å². The second kappa shape index (κ2) is 7.78. The SMILES string of the molecule is CCc1ccccc1NC(=S)NCCCn1ccc(C)n1. The minimum absolute atomic E-state index is 0.674. The van der Waals surface area contributed by atoms with Gasteiger partial charge in [0.05, 0.1) is 5.69 Å². The number of hydrogen-bond donors (Lipinski definition) is 2. The molecule has 0 aliphatic rings. The summed E-state index contributed by atoms with van der Waals surface area (Å²) in [7, 11) is 0. The molecule has 0 saturated carbocycles. The molecule has 0 saturated heterocycles. The Morgan fingerprint density at radius 1 is 1.29 bits per heavy atom. The smallest absolute Gasteiger partial charge is 0.170 e. The predicted octanol–water partition coefficient (Wildman–Crippen LogP) is 3.13. The third kappa shape index (κ3) is 4.86. The lowest BCUT2D eigenvalue weighted by Crippen LogP contribution is -2.30. The van der Waals surface area contributed by atoms with Crippen molar-refractivity contribution in [2.75, 3.05) is 11.9 Å². The van der Waals surface area contributed by atoms with E-state index < -0.39 is 0 Å². The van der Waals surface area contributed by atoms with Gasteiger partial charge in [0.2, 0.25) is 0 Å². The maximum atomic E-state index is 5.33. The van der Waals surface area contributed by atoms with Gasteiger partial charge in [0, 0.05) is 25.0 Å². The molecule has 0 unspecified atom stereocenters. The maximum absolute atomic E-state index is 5.33. The molecule has 1 heterocycles. The van der Waals surface area contributed by atoms with Crippen molar-refractivity contribution in [3.63, 3.8) is 0 Å². The Morgan fingerprint density at radius 3 is 2.81 bits per heavy atom. The van der Waals surface area contributed by atoms with Crippen molar-refractivity contribution in [2.24, 2.45) is 0 Å². The van der Waals surface area contributed by atoms with E-state index in [2.05, 4.69) is 34.8 Å². The van der Waals surface area contributed by atoms with Crippen LogP contribution >= 0.6 is 12.2 Å². The Morgan fingerprint density at radius 2 is 2.10 bits per heavy atom. The zero-order valence-corrected chi connectivity index (χ0v) is 13.4. The van der Waals surface area contributed by atoms with E-state index in [0.717, 1.165) is 37.3 Å². The van der Waals surface area contributed by atoms with Gasteiger partial charge < -0.3 is 10.6 Å². The summed E-state index contributed by atoms with van der Waals surface area (Å²) in [5.41, 5.74) is 3.41. The summed E-state index contributed by atoms with van der Waals surface area (Å²) in [4.78, 5) is 0. The molecule has 21 heavy (non-hydrogen) atoms. The van der Waals surface area contributed by atoms with Crippen LogP contribution in [0.4, 0.5) is 5.69 Å². The molecular weight excluding hydrogens is 280 g/mol. The monoisotopic (exact) mass is 302 g/mol. The van der Waals surface area contributed by atoms with Gasteiger partial charge in [-0.05, 0) is 49.7 Å². The molecule has 0 radical (unpaired) electrons. The molecule has 0 spiro atoms. The minimum Gasteiger partial charge on any atom is -0.362 e. The summed E-state index contributed by atoms with van der Waals surface area (Å²) in [6, 6.07) is 10.3.